The molecule has 0 saturated heterocycles. The Bertz CT molecular complexity index is 985. The Labute approximate surface area is 170 Å². The van der Waals surface area contributed by atoms with E-state index in [9.17, 15) is 9.59 Å². The number of fused-ring (bicyclic) bond motifs is 1. The summed E-state index contributed by atoms with van der Waals surface area (Å²) in [7, 11) is 0. The van der Waals surface area contributed by atoms with E-state index >= 15 is 0 Å². The van der Waals surface area contributed by atoms with Crippen LogP contribution < -0.4 is 0 Å². The first-order valence-corrected chi connectivity index (χ1v) is 9.86. The fourth-order valence-corrected chi connectivity index (χ4v) is 3.65. The number of amides is 1. The minimum Gasteiger partial charge on any atom is -0.448 e. The van der Waals surface area contributed by atoms with Gasteiger partial charge in [-0.3, -0.25) is 4.79 Å². The molecule has 0 aliphatic carbocycles. The number of cyclic esters (lactones) is 1. The van der Waals surface area contributed by atoms with Gasteiger partial charge in [-0.05, 0) is 29.2 Å². The monoisotopic (exact) mass is 385 g/mol. The van der Waals surface area contributed by atoms with Gasteiger partial charge < -0.3 is 9.64 Å². The van der Waals surface area contributed by atoms with E-state index in [2.05, 4.69) is 12.1 Å². The molecule has 0 fully saturated rings. The van der Waals surface area contributed by atoms with E-state index in [0.29, 0.717) is 25.1 Å². The molecule has 1 amide bonds. The summed E-state index contributed by atoms with van der Waals surface area (Å²) in [5.74, 6) is -0.569. The normalized spacial score (nSPS) is 15.3. The molecule has 0 aromatic heterocycles. The topological polar surface area (TPSA) is 46.6 Å². The summed E-state index contributed by atoms with van der Waals surface area (Å²) in [6.45, 7) is 1.05. The second-order valence-corrected chi connectivity index (χ2v) is 7.24. The van der Waals surface area contributed by atoms with E-state index < -0.39 is 12.1 Å². The number of rotatable bonds is 6. The molecule has 146 valence electrons. The summed E-state index contributed by atoms with van der Waals surface area (Å²) in [4.78, 5) is 27.5. The molecule has 0 spiro atoms. The number of benzene rings is 3. The first kappa shape index (κ1) is 18.9. The predicted octanol–water partition coefficient (Wildman–Crippen LogP) is 4.04. The minimum absolute atomic E-state index is 0.146. The van der Waals surface area contributed by atoms with Crippen LogP contribution in [0.4, 0.5) is 0 Å². The first-order chi connectivity index (χ1) is 14.2. The molecule has 4 heteroatoms. The van der Waals surface area contributed by atoms with Crippen molar-refractivity contribution in [3.63, 3.8) is 0 Å². The van der Waals surface area contributed by atoms with Crippen molar-refractivity contribution in [2.24, 2.45) is 0 Å². The lowest BCUT2D eigenvalue weighted by Crippen LogP contribution is -2.44. The summed E-state index contributed by atoms with van der Waals surface area (Å²) >= 11 is 0. The Morgan fingerprint density at radius 3 is 2.21 bits per heavy atom. The van der Waals surface area contributed by atoms with E-state index in [1.807, 2.05) is 66.7 Å². The van der Waals surface area contributed by atoms with E-state index in [-0.39, 0.29) is 5.91 Å². The number of hydrogen-bond acceptors (Lipinski definition) is 3. The number of carbonyl (C=O) groups is 2. The van der Waals surface area contributed by atoms with Crippen molar-refractivity contribution in [2.45, 2.75) is 25.5 Å². The van der Waals surface area contributed by atoms with Gasteiger partial charge in [0, 0.05) is 19.5 Å². The van der Waals surface area contributed by atoms with Crippen LogP contribution in [-0.2, 0) is 28.9 Å². The lowest BCUT2D eigenvalue weighted by atomic mass is 9.98. The van der Waals surface area contributed by atoms with Crippen molar-refractivity contribution < 1.29 is 14.3 Å². The number of nitrogens with zero attached hydrogens (tertiary/aromatic N) is 1. The maximum absolute atomic E-state index is 13.3. The Morgan fingerprint density at radius 2 is 1.48 bits per heavy atom. The van der Waals surface area contributed by atoms with E-state index in [1.54, 1.807) is 11.0 Å². The lowest BCUT2D eigenvalue weighted by Gasteiger charge is -2.30. The van der Waals surface area contributed by atoms with E-state index in [4.69, 9.17) is 4.74 Å². The van der Waals surface area contributed by atoms with Crippen LogP contribution >= 0.6 is 0 Å². The van der Waals surface area contributed by atoms with Gasteiger partial charge in [0.15, 0.2) is 6.10 Å². The van der Waals surface area contributed by atoms with Gasteiger partial charge in [0.25, 0.3) is 5.91 Å². The van der Waals surface area contributed by atoms with Crippen molar-refractivity contribution in [1.29, 1.82) is 0 Å². The molecule has 1 heterocycles. The number of esters is 1. The van der Waals surface area contributed by atoms with Crippen LogP contribution in [0, 0.1) is 0 Å². The Morgan fingerprint density at radius 1 is 0.862 bits per heavy atom. The van der Waals surface area contributed by atoms with E-state index in [0.717, 1.165) is 17.5 Å². The highest BCUT2D eigenvalue weighted by Crippen LogP contribution is 2.22. The van der Waals surface area contributed by atoms with Crippen LogP contribution in [0.5, 0.6) is 0 Å². The highest BCUT2D eigenvalue weighted by atomic mass is 16.5. The van der Waals surface area contributed by atoms with Crippen LogP contribution in [0.2, 0.25) is 0 Å². The lowest BCUT2D eigenvalue weighted by molar-refractivity contribution is -0.141. The third-order valence-electron chi connectivity index (χ3n) is 5.21. The zero-order valence-corrected chi connectivity index (χ0v) is 16.2. The van der Waals surface area contributed by atoms with E-state index in [1.165, 1.54) is 5.56 Å². The van der Waals surface area contributed by atoms with Gasteiger partial charge in [0.2, 0.25) is 0 Å². The standard InChI is InChI=1S/C25H23NO3/c27-24(23-17-21-13-7-8-14-22(21)25(28)29-23)26(18-20-11-5-2-6-12-20)16-15-19-9-3-1-4-10-19/h1-14,23H,15-18H2/t23-/m0/s1. The maximum atomic E-state index is 13.3. The fraction of sp³-hybridized carbons (Fsp3) is 0.200. The molecular weight excluding hydrogens is 362 g/mol. The van der Waals surface area contributed by atoms with Crippen LogP contribution in [0.3, 0.4) is 0 Å². The Hall–Kier alpha value is -3.40. The zero-order chi connectivity index (χ0) is 20.1. The average Bonchev–Trinajstić information content (AvgIpc) is 2.77. The molecule has 0 saturated carbocycles. The summed E-state index contributed by atoms with van der Waals surface area (Å²) in [5, 5.41) is 0. The molecule has 0 N–H and O–H groups in total. The average molecular weight is 385 g/mol. The molecule has 1 aliphatic heterocycles. The molecule has 0 bridgehead atoms. The zero-order valence-electron chi connectivity index (χ0n) is 16.2. The van der Waals surface area contributed by atoms with Crippen LogP contribution in [-0.4, -0.2) is 29.4 Å². The van der Waals surface area contributed by atoms with Crippen molar-refractivity contribution in [1.82, 2.24) is 4.90 Å². The molecule has 3 aromatic carbocycles. The molecule has 4 nitrogen and oxygen atoms in total. The van der Waals surface area contributed by atoms with Crippen molar-refractivity contribution >= 4 is 11.9 Å². The smallest absolute Gasteiger partial charge is 0.339 e. The van der Waals surface area contributed by atoms with Crippen molar-refractivity contribution in [3.8, 4) is 0 Å². The second kappa shape index (κ2) is 8.74. The number of ether oxygens (including phenoxy) is 1. The van der Waals surface area contributed by atoms with Gasteiger partial charge in [0.05, 0.1) is 5.56 Å². The van der Waals surface area contributed by atoms with Crippen LogP contribution in [0.25, 0.3) is 0 Å². The Balaban J connectivity index is 1.53. The van der Waals surface area contributed by atoms with Crippen molar-refractivity contribution in [2.75, 3.05) is 6.54 Å². The molecular formula is C25H23NO3. The van der Waals surface area contributed by atoms with Crippen LogP contribution in [0.1, 0.15) is 27.0 Å². The molecule has 0 radical (unpaired) electrons. The summed E-state index contributed by atoms with van der Waals surface area (Å²) in [6, 6.07) is 27.3. The van der Waals surface area contributed by atoms with Gasteiger partial charge >= 0.3 is 5.97 Å². The van der Waals surface area contributed by atoms with Gasteiger partial charge in [-0.1, -0.05) is 78.9 Å². The molecule has 29 heavy (non-hydrogen) atoms. The molecule has 1 atom stereocenters. The minimum atomic E-state index is -0.781. The second-order valence-electron chi connectivity index (χ2n) is 7.24. The molecule has 1 aliphatic rings. The molecule has 0 unspecified atom stereocenters. The first-order valence-electron chi connectivity index (χ1n) is 9.86. The third kappa shape index (κ3) is 4.54. The quantitative estimate of drug-likeness (QED) is 0.602. The van der Waals surface area contributed by atoms with Gasteiger partial charge in [-0.25, -0.2) is 4.79 Å². The third-order valence-corrected chi connectivity index (χ3v) is 5.21. The number of carbonyl (C=O) groups excluding carboxylic acids is 2. The molecule has 3 aromatic rings. The Kier molecular flexibility index (Phi) is 5.71. The number of hydrogen-bond donors (Lipinski definition) is 0. The van der Waals surface area contributed by atoms with Crippen molar-refractivity contribution in [3.05, 3.63) is 107 Å². The largest absolute Gasteiger partial charge is 0.448 e. The SMILES string of the molecule is O=C1O[C@H](C(=O)N(CCc2ccccc2)Cc2ccccc2)Cc2ccccc21. The van der Waals surface area contributed by atoms with Gasteiger partial charge in [0.1, 0.15) is 0 Å². The summed E-state index contributed by atoms with van der Waals surface area (Å²) < 4.78 is 5.52. The highest BCUT2D eigenvalue weighted by Gasteiger charge is 2.33. The summed E-state index contributed by atoms with van der Waals surface area (Å²) in [5.41, 5.74) is 3.64. The fourth-order valence-electron chi connectivity index (χ4n) is 3.65. The maximum Gasteiger partial charge on any atom is 0.339 e. The van der Waals surface area contributed by atoms with Gasteiger partial charge in [-0.15, -0.1) is 0 Å². The molecule has 4 rings (SSSR count). The summed E-state index contributed by atoms with van der Waals surface area (Å²) in [6.07, 6.45) is 0.380. The highest BCUT2D eigenvalue weighted by molar-refractivity contribution is 5.95. The predicted molar refractivity (Wildman–Crippen MR) is 111 cm³/mol. The van der Waals surface area contributed by atoms with Gasteiger partial charge in [-0.2, -0.15) is 0 Å². The van der Waals surface area contributed by atoms with Crippen LogP contribution in [0.15, 0.2) is 84.9 Å².